The highest BCUT2D eigenvalue weighted by Crippen LogP contribution is 2.87. The zero-order valence-electron chi connectivity index (χ0n) is 19.7. The molecule has 3 saturated carbocycles. The lowest BCUT2D eigenvalue weighted by Crippen LogP contribution is -2.46. The van der Waals surface area contributed by atoms with Gasteiger partial charge in [0.15, 0.2) is 0 Å². The van der Waals surface area contributed by atoms with Crippen LogP contribution in [0.15, 0.2) is 60.9 Å². The molecule has 3 unspecified atom stereocenters. The molecule has 180 valence electrons. The average Bonchev–Trinajstić information content (AvgIpc) is 3.71. The molecule has 3 aromatic rings. The Labute approximate surface area is 204 Å². The number of benzene rings is 2. The molecule has 35 heavy (non-hydrogen) atoms. The van der Waals surface area contributed by atoms with Crippen molar-refractivity contribution in [2.24, 2.45) is 22.7 Å². The molecule has 1 spiro atoms. The Bertz CT molecular complexity index is 1240. The van der Waals surface area contributed by atoms with E-state index in [0.29, 0.717) is 18.3 Å². The molecule has 1 aliphatic heterocycles. The van der Waals surface area contributed by atoms with Crippen LogP contribution < -0.4 is 10.1 Å². The van der Waals surface area contributed by atoms with Crippen molar-refractivity contribution in [2.45, 2.75) is 50.7 Å². The van der Waals surface area contributed by atoms with E-state index in [4.69, 9.17) is 9.47 Å². The largest absolute Gasteiger partial charge is 0.457 e. The van der Waals surface area contributed by atoms with Gasteiger partial charge in [-0.25, -0.2) is 4.98 Å². The van der Waals surface area contributed by atoms with E-state index in [1.807, 2.05) is 36.4 Å². The SMILES string of the molecule is O=C(NCc1ncn[nH]1)[C@@H]1C[C@H]1CCC12COC3(c4cccc(Oc5ccccc5)c4)CCC13C2. The molecule has 5 atom stereocenters. The Balaban J connectivity index is 0.985. The van der Waals surface area contributed by atoms with E-state index in [2.05, 4.69) is 38.7 Å². The minimum absolute atomic E-state index is 0.143. The maximum atomic E-state index is 12.5. The van der Waals surface area contributed by atoms with Gasteiger partial charge in [-0.1, -0.05) is 30.3 Å². The third-order valence-electron chi connectivity index (χ3n) is 9.23. The summed E-state index contributed by atoms with van der Waals surface area (Å²) in [5, 5.41) is 9.60. The molecule has 2 aromatic carbocycles. The first-order valence-corrected chi connectivity index (χ1v) is 12.7. The molecule has 0 bridgehead atoms. The fourth-order valence-electron chi connectivity index (χ4n) is 7.08. The van der Waals surface area contributed by atoms with E-state index >= 15 is 0 Å². The molecule has 7 nitrogen and oxygen atoms in total. The summed E-state index contributed by atoms with van der Waals surface area (Å²) in [6.45, 7) is 1.25. The predicted octanol–water partition coefficient (Wildman–Crippen LogP) is 4.73. The van der Waals surface area contributed by atoms with Crippen LogP contribution in [-0.2, 0) is 21.7 Å². The normalized spacial score (nSPS) is 33.8. The first-order valence-electron chi connectivity index (χ1n) is 12.7. The molecule has 4 fully saturated rings. The number of carbonyl (C=O) groups is 1. The number of hydrogen-bond donors (Lipinski definition) is 2. The summed E-state index contributed by atoms with van der Waals surface area (Å²) in [5.41, 5.74) is 1.64. The monoisotopic (exact) mass is 470 g/mol. The highest BCUT2D eigenvalue weighted by atomic mass is 16.5. The molecule has 2 N–H and O–H groups in total. The minimum atomic E-state index is -0.166. The van der Waals surface area contributed by atoms with Crippen LogP contribution in [0.1, 0.15) is 49.9 Å². The number of amides is 1. The Morgan fingerprint density at radius 3 is 2.83 bits per heavy atom. The van der Waals surface area contributed by atoms with Gasteiger partial charge in [0, 0.05) is 16.7 Å². The molecule has 7 rings (SSSR count). The molecule has 3 aliphatic carbocycles. The number of hydrogen-bond acceptors (Lipinski definition) is 5. The van der Waals surface area contributed by atoms with Crippen molar-refractivity contribution in [1.82, 2.24) is 20.5 Å². The van der Waals surface area contributed by atoms with Crippen LogP contribution in [0, 0.1) is 22.7 Å². The van der Waals surface area contributed by atoms with Crippen molar-refractivity contribution in [3.63, 3.8) is 0 Å². The summed E-state index contributed by atoms with van der Waals surface area (Å²) < 4.78 is 12.8. The number of ether oxygens (including phenoxy) is 2. The first kappa shape index (κ1) is 21.1. The number of nitrogens with zero attached hydrogens (tertiary/aromatic N) is 2. The van der Waals surface area contributed by atoms with Crippen LogP contribution in [0.5, 0.6) is 11.5 Å². The fourth-order valence-corrected chi connectivity index (χ4v) is 7.08. The fraction of sp³-hybridized carbons (Fsp3) is 0.464. The van der Waals surface area contributed by atoms with Crippen molar-refractivity contribution in [3.05, 3.63) is 72.3 Å². The lowest BCUT2D eigenvalue weighted by Gasteiger charge is -2.48. The van der Waals surface area contributed by atoms with Crippen LogP contribution in [0.2, 0.25) is 0 Å². The van der Waals surface area contributed by atoms with E-state index in [1.54, 1.807) is 0 Å². The van der Waals surface area contributed by atoms with E-state index in [-0.39, 0.29) is 28.3 Å². The molecule has 7 heteroatoms. The second kappa shape index (κ2) is 7.65. The van der Waals surface area contributed by atoms with Crippen molar-refractivity contribution in [2.75, 3.05) is 6.61 Å². The zero-order valence-corrected chi connectivity index (χ0v) is 19.7. The van der Waals surface area contributed by atoms with Gasteiger partial charge in [0.2, 0.25) is 5.91 Å². The van der Waals surface area contributed by atoms with Crippen LogP contribution >= 0.6 is 0 Å². The van der Waals surface area contributed by atoms with Crippen LogP contribution in [-0.4, -0.2) is 27.7 Å². The maximum absolute atomic E-state index is 12.5. The highest BCUT2D eigenvalue weighted by molar-refractivity contribution is 5.81. The smallest absolute Gasteiger partial charge is 0.223 e. The van der Waals surface area contributed by atoms with E-state index in [0.717, 1.165) is 43.8 Å². The summed E-state index contributed by atoms with van der Waals surface area (Å²) in [5.74, 6) is 3.19. The van der Waals surface area contributed by atoms with Crippen LogP contribution in [0.3, 0.4) is 0 Å². The Morgan fingerprint density at radius 2 is 2.03 bits per heavy atom. The van der Waals surface area contributed by atoms with Gasteiger partial charge < -0.3 is 14.8 Å². The quantitative estimate of drug-likeness (QED) is 0.472. The second-order valence-corrected chi connectivity index (χ2v) is 10.9. The Morgan fingerprint density at radius 1 is 1.14 bits per heavy atom. The number of para-hydroxylation sites is 1. The van der Waals surface area contributed by atoms with Gasteiger partial charge in [0.1, 0.15) is 23.7 Å². The molecule has 1 saturated heterocycles. The van der Waals surface area contributed by atoms with E-state index in [9.17, 15) is 4.79 Å². The summed E-state index contributed by atoms with van der Waals surface area (Å²) in [6, 6.07) is 18.4. The van der Waals surface area contributed by atoms with Gasteiger partial charge in [-0.05, 0) is 74.3 Å². The molecule has 1 amide bonds. The van der Waals surface area contributed by atoms with E-state index in [1.165, 1.54) is 24.7 Å². The van der Waals surface area contributed by atoms with Crippen LogP contribution in [0.4, 0.5) is 0 Å². The standard InChI is InChI=1S/C28H30N4O3/c33-25(29-15-24-30-18-31-32-24)23-13-19(23)9-10-26-16-27(26)11-12-28(27,34-17-26)20-5-4-8-22(14-20)35-21-6-2-1-3-7-21/h1-8,14,18-19,23H,9-13,15-17H2,(H,29,33)(H,30,31,32)/t19-,23-,26?,27?,28?/m1/s1. The molecular weight excluding hydrogens is 440 g/mol. The van der Waals surface area contributed by atoms with Gasteiger partial charge >= 0.3 is 0 Å². The minimum Gasteiger partial charge on any atom is -0.457 e. The summed E-state index contributed by atoms with van der Waals surface area (Å²) >= 11 is 0. The average molecular weight is 471 g/mol. The third kappa shape index (κ3) is 3.24. The number of carbonyl (C=O) groups excluding carboxylic acids is 1. The lowest BCUT2D eigenvalue weighted by atomic mass is 9.60. The van der Waals surface area contributed by atoms with Gasteiger partial charge in [-0.3, -0.25) is 9.89 Å². The van der Waals surface area contributed by atoms with Crippen molar-refractivity contribution < 1.29 is 14.3 Å². The number of H-pyrrole nitrogens is 1. The first-order chi connectivity index (χ1) is 17.1. The number of aromatic amines is 1. The number of aromatic nitrogens is 3. The molecule has 0 radical (unpaired) electrons. The molecular formula is C28H30N4O3. The summed E-state index contributed by atoms with van der Waals surface area (Å²) in [7, 11) is 0. The number of nitrogens with one attached hydrogen (secondary N) is 2. The zero-order chi connectivity index (χ0) is 23.5. The highest BCUT2D eigenvalue weighted by Gasteiger charge is 2.84. The maximum Gasteiger partial charge on any atom is 0.223 e. The topological polar surface area (TPSA) is 89.1 Å². The van der Waals surface area contributed by atoms with Gasteiger partial charge in [-0.2, -0.15) is 5.10 Å². The summed E-state index contributed by atoms with van der Waals surface area (Å²) in [6.07, 6.45) is 8.30. The Kier molecular flexibility index (Phi) is 4.62. The molecule has 2 heterocycles. The molecule has 1 aromatic heterocycles. The van der Waals surface area contributed by atoms with Crippen LogP contribution in [0.25, 0.3) is 0 Å². The van der Waals surface area contributed by atoms with Gasteiger partial charge in [-0.15, -0.1) is 0 Å². The van der Waals surface area contributed by atoms with Crippen molar-refractivity contribution in [3.8, 4) is 11.5 Å². The number of rotatable bonds is 9. The predicted molar refractivity (Wildman–Crippen MR) is 128 cm³/mol. The Hall–Kier alpha value is -3.19. The lowest BCUT2D eigenvalue weighted by molar-refractivity contribution is -0.125. The molecule has 4 aliphatic rings. The third-order valence-corrected chi connectivity index (χ3v) is 9.23. The van der Waals surface area contributed by atoms with Gasteiger partial charge in [0.05, 0.1) is 18.8 Å². The van der Waals surface area contributed by atoms with Crippen molar-refractivity contribution in [1.29, 1.82) is 0 Å². The second-order valence-electron chi connectivity index (χ2n) is 10.9. The van der Waals surface area contributed by atoms with Gasteiger partial charge in [0.25, 0.3) is 0 Å². The summed E-state index contributed by atoms with van der Waals surface area (Å²) in [4.78, 5) is 16.6. The van der Waals surface area contributed by atoms with E-state index < -0.39 is 0 Å². The van der Waals surface area contributed by atoms with Crippen molar-refractivity contribution >= 4 is 5.91 Å².